The molecule has 0 radical (unpaired) electrons. The number of nitrogens with one attached hydrogen (secondary N) is 2. The third-order valence-electron chi connectivity index (χ3n) is 2.00. The molecule has 0 aromatic carbocycles. The SMILES string of the molecule is CC(CCCC(=O)O)NC(=O)Nc1cnns1. The summed E-state index contributed by atoms with van der Waals surface area (Å²) in [5.74, 6) is -0.822. The van der Waals surface area contributed by atoms with Gasteiger partial charge in [-0.3, -0.25) is 10.1 Å². The summed E-state index contributed by atoms with van der Waals surface area (Å²) < 4.78 is 3.61. The second kappa shape index (κ2) is 6.79. The maximum atomic E-state index is 11.4. The molecule has 0 fully saturated rings. The van der Waals surface area contributed by atoms with Gasteiger partial charge >= 0.3 is 12.0 Å². The molecule has 0 aliphatic heterocycles. The van der Waals surface area contributed by atoms with Crippen molar-refractivity contribution in [2.45, 2.75) is 32.2 Å². The quantitative estimate of drug-likeness (QED) is 0.713. The summed E-state index contributed by atoms with van der Waals surface area (Å²) in [7, 11) is 0. The summed E-state index contributed by atoms with van der Waals surface area (Å²) in [5, 5.41) is 17.9. The number of amides is 2. The minimum absolute atomic E-state index is 0.0739. The van der Waals surface area contributed by atoms with Crippen molar-refractivity contribution < 1.29 is 14.7 Å². The Bertz CT molecular complexity index is 368. The van der Waals surface area contributed by atoms with E-state index in [1.807, 2.05) is 6.92 Å². The third-order valence-corrected chi connectivity index (χ3v) is 2.58. The summed E-state index contributed by atoms with van der Waals surface area (Å²) in [6.07, 6.45) is 2.74. The Labute approximate surface area is 102 Å². The number of nitrogens with zero attached hydrogens (tertiary/aromatic N) is 2. The number of aromatic nitrogens is 2. The van der Waals surface area contributed by atoms with Gasteiger partial charge in [-0.2, -0.15) is 0 Å². The first kappa shape index (κ1) is 13.4. The number of hydrogen-bond acceptors (Lipinski definition) is 5. The van der Waals surface area contributed by atoms with Crippen molar-refractivity contribution in [1.29, 1.82) is 0 Å². The Morgan fingerprint density at radius 1 is 1.59 bits per heavy atom. The molecule has 0 aliphatic carbocycles. The van der Waals surface area contributed by atoms with Crippen molar-refractivity contribution in [1.82, 2.24) is 14.9 Å². The fraction of sp³-hybridized carbons (Fsp3) is 0.556. The molecule has 1 unspecified atom stereocenters. The largest absolute Gasteiger partial charge is 0.481 e. The number of aliphatic carboxylic acids is 1. The molecule has 0 saturated heterocycles. The van der Waals surface area contributed by atoms with E-state index in [1.165, 1.54) is 6.20 Å². The van der Waals surface area contributed by atoms with Gasteiger partial charge in [-0.1, -0.05) is 4.49 Å². The van der Waals surface area contributed by atoms with Crippen molar-refractivity contribution in [3.05, 3.63) is 6.20 Å². The standard InChI is InChI=1S/C9H14N4O3S/c1-6(3-2-4-8(14)15)11-9(16)12-7-5-10-13-17-7/h5-6H,2-4H2,1H3,(H,14,15)(H2,11,12,16). The van der Waals surface area contributed by atoms with Gasteiger partial charge < -0.3 is 10.4 Å². The summed E-state index contributed by atoms with van der Waals surface area (Å²) in [6.45, 7) is 1.83. The van der Waals surface area contributed by atoms with Gasteiger partial charge in [0.2, 0.25) is 0 Å². The minimum Gasteiger partial charge on any atom is -0.481 e. The molecule has 1 aromatic rings. The molecule has 7 nitrogen and oxygen atoms in total. The summed E-state index contributed by atoms with van der Waals surface area (Å²) in [4.78, 5) is 21.7. The summed E-state index contributed by atoms with van der Waals surface area (Å²) >= 11 is 1.09. The van der Waals surface area contributed by atoms with E-state index in [0.717, 1.165) is 11.5 Å². The van der Waals surface area contributed by atoms with Gasteiger partial charge in [0.05, 0.1) is 6.20 Å². The van der Waals surface area contributed by atoms with Crippen LogP contribution in [0.2, 0.25) is 0 Å². The highest BCUT2D eigenvalue weighted by molar-refractivity contribution is 7.10. The second-order valence-corrected chi connectivity index (χ2v) is 4.35. The molecule has 2 amide bonds. The molecule has 8 heteroatoms. The van der Waals surface area contributed by atoms with E-state index < -0.39 is 5.97 Å². The van der Waals surface area contributed by atoms with Crippen LogP contribution in [-0.2, 0) is 4.79 Å². The third kappa shape index (κ3) is 5.81. The van der Waals surface area contributed by atoms with E-state index in [0.29, 0.717) is 17.8 Å². The zero-order valence-corrected chi connectivity index (χ0v) is 10.2. The number of carboxylic acids is 1. The van der Waals surface area contributed by atoms with Crippen LogP contribution in [-0.4, -0.2) is 32.7 Å². The molecule has 0 aliphatic rings. The Morgan fingerprint density at radius 2 is 2.35 bits per heavy atom. The van der Waals surface area contributed by atoms with Gasteiger partial charge in [-0.05, 0) is 19.8 Å². The van der Waals surface area contributed by atoms with Crippen LogP contribution in [0.25, 0.3) is 0 Å². The van der Waals surface area contributed by atoms with Crippen molar-refractivity contribution >= 4 is 28.5 Å². The molecule has 0 saturated carbocycles. The molecule has 94 valence electrons. The number of anilines is 1. The molecule has 3 N–H and O–H groups in total. The van der Waals surface area contributed by atoms with Crippen molar-refractivity contribution in [2.24, 2.45) is 0 Å². The van der Waals surface area contributed by atoms with Crippen LogP contribution in [0.1, 0.15) is 26.2 Å². The molecule has 0 bridgehead atoms. The van der Waals surface area contributed by atoms with Crippen LogP contribution >= 0.6 is 11.5 Å². The highest BCUT2D eigenvalue weighted by atomic mass is 32.1. The van der Waals surface area contributed by atoms with E-state index in [-0.39, 0.29) is 18.5 Å². The fourth-order valence-electron chi connectivity index (χ4n) is 1.23. The fourth-order valence-corrected chi connectivity index (χ4v) is 1.64. The van der Waals surface area contributed by atoms with Crippen molar-refractivity contribution in [3.8, 4) is 0 Å². The Hall–Kier alpha value is -1.70. The zero-order valence-electron chi connectivity index (χ0n) is 9.34. The number of urea groups is 1. The molecule has 1 atom stereocenters. The van der Waals surface area contributed by atoms with Crippen LogP contribution in [0.15, 0.2) is 6.20 Å². The molecule has 17 heavy (non-hydrogen) atoms. The average molecular weight is 258 g/mol. The molecular formula is C9H14N4O3S. The zero-order chi connectivity index (χ0) is 12.7. The first-order valence-electron chi connectivity index (χ1n) is 5.14. The van der Waals surface area contributed by atoms with Crippen LogP contribution in [0.5, 0.6) is 0 Å². The number of hydrogen-bond donors (Lipinski definition) is 3. The predicted molar refractivity (Wildman–Crippen MR) is 63.0 cm³/mol. The van der Waals surface area contributed by atoms with Crippen LogP contribution in [0.3, 0.4) is 0 Å². The van der Waals surface area contributed by atoms with Gasteiger partial charge in [-0.25, -0.2) is 4.79 Å². The average Bonchev–Trinajstić information content (AvgIpc) is 2.69. The highest BCUT2D eigenvalue weighted by Crippen LogP contribution is 2.08. The highest BCUT2D eigenvalue weighted by Gasteiger charge is 2.08. The number of rotatable bonds is 6. The Morgan fingerprint density at radius 3 is 2.94 bits per heavy atom. The van der Waals surface area contributed by atoms with Crippen LogP contribution < -0.4 is 10.6 Å². The van der Waals surface area contributed by atoms with E-state index in [9.17, 15) is 9.59 Å². The molecule has 1 rings (SSSR count). The van der Waals surface area contributed by atoms with E-state index in [1.54, 1.807) is 0 Å². The van der Waals surface area contributed by atoms with E-state index >= 15 is 0 Å². The van der Waals surface area contributed by atoms with E-state index in [2.05, 4.69) is 20.2 Å². The summed E-state index contributed by atoms with van der Waals surface area (Å²) in [5.41, 5.74) is 0. The van der Waals surface area contributed by atoms with Crippen LogP contribution in [0.4, 0.5) is 9.80 Å². The van der Waals surface area contributed by atoms with Gasteiger partial charge in [0, 0.05) is 24.0 Å². The van der Waals surface area contributed by atoms with Crippen molar-refractivity contribution in [3.63, 3.8) is 0 Å². The summed E-state index contributed by atoms with van der Waals surface area (Å²) in [6, 6.07) is -0.408. The number of carbonyl (C=O) groups excluding carboxylic acids is 1. The topological polar surface area (TPSA) is 104 Å². The van der Waals surface area contributed by atoms with E-state index in [4.69, 9.17) is 5.11 Å². The number of carbonyl (C=O) groups is 2. The van der Waals surface area contributed by atoms with Gasteiger partial charge in [0.1, 0.15) is 5.00 Å². The first-order chi connectivity index (χ1) is 8.08. The normalized spacial score (nSPS) is 11.8. The Kier molecular flexibility index (Phi) is 5.34. The number of carboxylic acid groups (broad SMARTS) is 1. The van der Waals surface area contributed by atoms with Crippen LogP contribution in [0, 0.1) is 0 Å². The second-order valence-electron chi connectivity index (χ2n) is 3.57. The molecule has 1 heterocycles. The molecule has 0 spiro atoms. The monoisotopic (exact) mass is 258 g/mol. The molecular weight excluding hydrogens is 244 g/mol. The van der Waals surface area contributed by atoms with Gasteiger partial charge in [-0.15, -0.1) is 5.10 Å². The maximum Gasteiger partial charge on any atom is 0.320 e. The van der Waals surface area contributed by atoms with Gasteiger partial charge in [0.25, 0.3) is 0 Å². The maximum absolute atomic E-state index is 11.4. The Balaban J connectivity index is 2.19. The lowest BCUT2D eigenvalue weighted by Crippen LogP contribution is -2.35. The molecule has 1 aromatic heterocycles. The lowest BCUT2D eigenvalue weighted by molar-refractivity contribution is -0.137. The lowest BCUT2D eigenvalue weighted by Gasteiger charge is -2.12. The van der Waals surface area contributed by atoms with Crippen molar-refractivity contribution in [2.75, 3.05) is 5.32 Å². The van der Waals surface area contributed by atoms with Gasteiger partial charge in [0.15, 0.2) is 0 Å². The lowest BCUT2D eigenvalue weighted by atomic mass is 10.1. The smallest absolute Gasteiger partial charge is 0.320 e. The minimum atomic E-state index is -0.822. The first-order valence-corrected chi connectivity index (χ1v) is 5.92. The predicted octanol–water partition coefficient (Wildman–Crippen LogP) is 1.30.